The topological polar surface area (TPSA) is 0 Å². The molecule has 0 heteroatoms. The maximum atomic E-state index is 2.47. The van der Waals surface area contributed by atoms with Gasteiger partial charge in [0.2, 0.25) is 0 Å². The van der Waals surface area contributed by atoms with E-state index in [4.69, 9.17) is 0 Å². The summed E-state index contributed by atoms with van der Waals surface area (Å²) in [4.78, 5) is 0. The normalized spacial score (nSPS) is 52.2. The largest absolute Gasteiger partial charge is 0.0648 e. The summed E-state index contributed by atoms with van der Waals surface area (Å²) in [5.41, 5.74) is 0.822. The highest BCUT2D eigenvalue weighted by atomic mass is 14.6. The van der Waals surface area contributed by atoms with Gasteiger partial charge < -0.3 is 0 Å². The molecule has 2 bridgehead atoms. The van der Waals surface area contributed by atoms with Crippen LogP contribution < -0.4 is 0 Å². The lowest BCUT2D eigenvalue weighted by molar-refractivity contribution is -0.0827. The van der Waals surface area contributed by atoms with Gasteiger partial charge in [-0.3, -0.25) is 0 Å². The molecule has 0 nitrogen and oxygen atoms in total. The van der Waals surface area contributed by atoms with Crippen LogP contribution in [0.25, 0.3) is 0 Å². The van der Waals surface area contributed by atoms with Crippen molar-refractivity contribution in [1.29, 1.82) is 0 Å². The molecular weight excluding hydrogens is 120 g/mol. The summed E-state index contributed by atoms with van der Waals surface area (Å²) in [7, 11) is 0. The minimum Gasteiger partial charge on any atom is -0.0648 e. The van der Waals surface area contributed by atoms with Crippen molar-refractivity contribution in [3.8, 4) is 0 Å². The molecule has 0 aromatic carbocycles. The third kappa shape index (κ3) is 0.627. The minimum absolute atomic E-state index is 0.822. The molecule has 3 aliphatic carbocycles. The maximum Gasteiger partial charge on any atom is -0.0269 e. The lowest BCUT2D eigenvalue weighted by Gasteiger charge is -2.58. The van der Waals surface area contributed by atoms with Gasteiger partial charge in [-0.1, -0.05) is 33.1 Å². The Kier molecular flexibility index (Phi) is 1.33. The van der Waals surface area contributed by atoms with Crippen LogP contribution in [-0.4, -0.2) is 0 Å². The molecule has 3 atom stereocenters. The van der Waals surface area contributed by atoms with Crippen LogP contribution >= 0.6 is 0 Å². The SMILES string of the molecule is CCC12CCCC(C1)C2C. The Morgan fingerprint density at radius 1 is 1.50 bits per heavy atom. The second kappa shape index (κ2) is 1.99. The molecule has 0 spiro atoms. The molecular formula is C10H18. The summed E-state index contributed by atoms with van der Waals surface area (Å²) >= 11 is 0. The van der Waals surface area contributed by atoms with Crippen LogP contribution in [0.15, 0.2) is 0 Å². The van der Waals surface area contributed by atoms with Crippen molar-refractivity contribution in [3.63, 3.8) is 0 Å². The van der Waals surface area contributed by atoms with Crippen molar-refractivity contribution in [2.45, 2.75) is 46.0 Å². The van der Waals surface area contributed by atoms with E-state index in [9.17, 15) is 0 Å². The first-order chi connectivity index (χ1) is 4.78. The van der Waals surface area contributed by atoms with Gasteiger partial charge >= 0.3 is 0 Å². The highest BCUT2D eigenvalue weighted by Crippen LogP contribution is 2.61. The van der Waals surface area contributed by atoms with Gasteiger partial charge in [0.25, 0.3) is 0 Å². The van der Waals surface area contributed by atoms with E-state index in [-0.39, 0.29) is 0 Å². The second-order valence-electron chi connectivity index (χ2n) is 4.36. The van der Waals surface area contributed by atoms with Crippen LogP contribution in [-0.2, 0) is 0 Å². The van der Waals surface area contributed by atoms with E-state index in [1.165, 1.54) is 25.7 Å². The van der Waals surface area contributed by atoms with E-state index in [0.29, 0.717) is 0 Å². The molecule has 0 aromatic heterocycles. The van der Waals surface area contributed by atoms with Crippen molar-refractivity contribution in [2.75, 3.05) is 0 Å². The molecule has 3 unspecified atom stereocenters. The van der Waals surface area contributed by atoms with Gasteiger partial charge in [0, 0.05) is 0 Å². The zero-order valence-electron chi connectivity index (χ0n) is 7.19. The van der Waals surface area contributed by atoms with Crippen molar-refractivity contribution >= 4 is 0 Å². The van der Waals surface area contributed by atoms with Crippen LogP contribution in [0.3, 0.4) is 0 Å². The van der Waals surface area contributed by atoms with Gasteiger partial charge in [-0.05, 0) is 30.1 Å². The number of hydrogen-bond donors (Lipinski definition) is 0. The molecule has 3 fully saturated rings. The fourth-order valence-corrected chi connectivity index (χ4v) is 3.27. The maximum absolute atomic E-state index is 2.47. The fraction of sp³-hybridized carbons (Fsp3) is 1.00. The zero-order chi connectivity index (χ0) is 7.19. The first-order valence-electron chi connectivity index (χ1n) is 4.78. The average Bonchev–Trinajstić information content (AvgIpc) is 2.04. The van der Waals surface area contributed by atoms with E-state index in [1.807, 2.05) is 0 Å². The third-order valence-electron chi connectivity index (χ3n) is 4.30. The molecule has 0 aromatic rings. The molecule has 0 N–H and O–H groups in total. The van der Waals surface area contributed by atoms with Crippen molar-refractivity contribution < 1.29 is 0 Å². The summed E-state index contributed by atoms with van der Waals surface area (Å²) in [6.07, 6.45) is 7.57. The average molecular weight is 138 g/mol. The molecule has 3 saturated carbocycles. The van der Waals surface area contributed by atoms with Gasteiger partial charge in [0.1, 0.15) is 0 Å². The standard InChI is InChI=1S/C10H18/c1-3-10-6-4-5-9(7-10)8(10)2/h8-9H,3-7H2,1-2H3. The molecule has 0 radical (unpaired) electrons. The highest BCUT2D eigenvalue weighted by Gasteiger charge is 2.51. The monoisotopic (exact) mass is 138 g/mol. The van der Waals surface area contributed by atoms with E-state index >= 15 is 0 Å². The van der Waals surface area contributed by atoms with Gasteiger partial charge in [0.15, 0.2) is 0 Å². The molecule has 58 valence electrons. The Morgan fingerprint density at radius 3 is 2.70 bits per heavy atom. The van der Waals surface area contributed by atoms with E-state index in [0.717, 1.165) is 17.3 Å². The number of fused-ring (bicyclic) bond motifs is 2. The molecule has 3 aliphatic rings. The summed E-state index contributed by atoms with van der Waals surface area (Å²) in [6.45, 7) is 4.84. The van der Waals surface area contributed by atoms with Gasteiger partial charge in [-0.2, -0.15) is 0 Å². The second-order valence-corrected chi connectivity index (χ2v) is 4.36. The highest BCUT2D eigenvalue weighted by molar-refractivity contribution is 5.01. The van der Waals surface area contributed by atoms with Crippen molar-refractivity contribution in [2.24, 2.45) is 17.3 Å². The molecule has 10 heavy (non-hydrogen) atoms. The molecule has 0 heterocycles. The smallest absolute Gasteiger partial charge is 0.0269 e. The van der Waals surface area contributed by atoms with Crippen LogP contribution in [0.4, 0.5) is 0 Å². The zero-order valence-corrected chi connectivity index (χ0v) is 7.19. The lowest BCUT2D eigenvalue weighted by atomic mass is 9.47. The Balaban J connectivity index is 2.10. The Labute approximate surface area is 64.0 Å². The Hall–Kier alpha value is 0. The fourth-order valence-electron chi connectivity index (χ4n) is 3.27. The molecule has 3 rings (SSSR count). The van der Waals surface area contributed by atoms with Crippen LogP contribution in [0.5, 0.6) is 0 Å². The Morgan fingerprint density at radius 2 is 2.30 bits per heavy atom. The number of hydrogen-bond acceptors (Lipinski definition) is 0. The number of rotatable bonds is 1. The van der Waals surface area contributed by atoms with Crippen LogP contribution in [0.1, 0.15) is 46.0 Å². The van der Waals surface area contributed by atoms with Gasteiger partial charge in [-0.15, -0.1) is 0 Å². The predicted molar refractivity (Wildman–Crippen MR) is 43.8 cm³/mol. The molecule has 0 amide bonds. The summed E-state index contributed by atoms with van der Waals surface area (Å²) in [5, 5.41) is 0. The van der Waals surface area contributed by atoms with Gasteiger partial charge in [-0.25, -0.2) is 0 Å². The molecule has 0 aliphatic heterocycles. The molecule has 0 saturated heterocycles. The van der Waals surface area contributed by atoms with E-state index < -0.39 is 0 Å². The summed E-state index contributed by atoms with van der Waals surface area (Å²) < 4.78 is 0. The predicted octanol–water partition coefficient (Wildman–Crippen LogP) is 3.22. The van der Waals surface area contributed by atoms with Crippen molar-refractivity contribution in [3.05, 3.63) is 0 Å². The summed E-state index contributed by atoms with van der Waals surface area (Å²) in [5.74, 6) is 2.18. The Bertz CT molecular complexity index is 135. The third-order valence-corrected chi connectivity index (χ3v) is 4.30. The van der Waals surface area contributed by atoms with Crippen LogP contribution in [0, 0.1) is 17.3 Å². The van der Waals surface area contributed by atoms with E-state index in [1.54, 1.807) is 6.42 Å². The lowest BCUT2D eigenvalue weighted by Crippen LogP contribution is -2.49. The minimum atomic E-state index is 0.822. The van der Waals surface area contributed by atoms with Crippen LogP contribution in [0.2, 0.25) is 0 Å². The first-order valence-corrected chi connectivity index (χ1v) is 4.78. The van der Waals surface area contributed by atoms with E-state index in [2.05, 4.69) is 13.8 Å². The quantitative estimate of drug-likeness (QED) is 0.522. The first kappa shape index (κ1) is 6.69. The van der Waals surface area contributed by atoms with Gasteiger partial charge in [0.05, 0.1) is 0 Å². The summed E-state index contributed by atoms with van der Waals surface area (Å²) in [6, 6.07) is 0. The van der Waals surface area contributed by atoms with Crippen molar-refractivity contribution in [1.82, 2.24) is 0 Å².